The molecule has 3 rings (SSSR count). The van der Waals surface area contributed by atoms with Crippen molar-refractivity contribution in [2.45, 2.75) is 25.0 Å². The highest BCUT2D eigenvalue weighted by Crippen LogP contribution is 2.20. The van der Waals surface area contributed by atoms with Gasteiger partial charge in [-0.2, -0.15) is 0 Å². The smallest absolute Gasteiger partial charge is 0.255 e. The van der Waals surface area contributed by atoms with Gasteiger partial charge in [-0.25, -0.2) is 4.98 Å². The van der Waals surface area contributed by atoms with Crippen molar-refractivity contribution in [3.63, 3.8) is 0 Å². The second-order valence-electron chi connectivity index (χ2n) is 6.92. The SMILES string of the molecule is CN(CC(O)CO)c1ccc(C(=O)N2CCC(Oc3cccnc3)CC2)cn1. The minimum absolute atomic E-state index is 0.0445. The standard InChI is InChI=1S/C20H26N4O4/c1-23(13-16(26)14-25)19-5-4-15(11-22-19)20(27)24-9-6-17(7-10-24)28-18-3-2-8-21-12-18/h2-5,8,11-12,16-17,25-26H,6-7,9-10,13-14H2,1H3. The molecule has 8 heteroatoms. The Morgan fingerprint density at radius 3 is 2.71 bits per heavy atom. The van der Waals surface area contributed by atoms with Gasteiger partial charge in [0.1, 0.15) is 17.7 Å². The number of nitrogens with zero attached hydrogens (tertiary/aromatic N) is 4. The van der Waals surface area contributed by atoms with Crippen molar-refractivity contribution in [1.82, 2.24) is 14.9 Å². The molecule has 0 radical (unpaired) electrons. The first-order chi connectivity index (χ1) is 13.6. The number of hydrogen-bond donors (Lipinski definition) is 2. The van der Waals surface area contributed by atoms with Crippen LogP contribution in [0.5, 0.6) is 5.75 Å². The molecule has 0 bridgehead atoms. The van der Waals surface area contributed by atoms with Crippen molar-refractivity contribution in [2.75, 3.05) is 38.2 Å². The zero-order valence-corrected chi connectivity index (χ0v) is 15.9. The van der Waals surface area contributed by atoms with E-state index < -0.39 is 6.10 Å². The molecule has 0 saturated carbocycles. The maximum absolute atomic E-state index is 12.7. The molecule has 0 spiro atoms. The number of ether oxygens (including phenoxy) is 1. The number of aromatic nitrogens is 2. The lowest BCUT2D eigenvalue weighted by molar-refractivity contribution is 0.0594. The van der Waals surface area contributed by atoms with E-state index in [1.54, 1.807) is 42.7 Å². The van der Waals surface area contributed by atoms with Gasteiger partial charge in [-0.05, 0) is 24.3 Å². The van der Waals surface area contributed by atoms with Crippen LogP contribution in [0.1, 0.15) is 23.2 Å². The zero-order valence-electron chi connectivity index (χ0n) is 15.9. The van der Waals surface area contributed by atoms with Crippen molar-refractivity contribution >= 4 is 11.7 Å². The molecule has 1 saturated heterocycles. The summed E-state index contributed by atoms with van der Waals surface area (Å²) < 4.78 is 5.92. The third-order valence-corrected chi connectivity index (χ3v) is 4.75. The molecule has 2 aromatic heterocycles. The average molecular weight is 386 g/mol. The van der Waals surface area contributed by atoms with Crippen LogP contribution < -0.4 is 9.64 Å². The van der Waals surface area contributed by atoms with Gasteiger partial charge in [-0.15, -0.1) is 0 Å². The molecule has 1 amide bonds. The molecule has 3 heterocycles. The van der Waals surface area contributed by atoms with E-state index in [-0.39, 0.29) is 25.2 Å². The molecule has 2 aromatic rings. The number of amides is 1. The number of hydrogen-bond acceptors (Lipinski definition) is 7. The molecule has 28 heavy (non-hydrogen) atoms. The minimum Gasteiger partial charge on any atom is -0.489 e. The Morgan fingerprint density at radius 2 is 2.11 bits per heavy atom. The highest BCUT2D eigenvalue weighted by atomic mass is 16.5. The van der Waals surface area contributed by atoms with Gasteiger partial charge in [0.05, 0.1) is 24.5 Å². The third-order valence-electron chi connectivity index (χ3n) is 4.75. The molecule has 1 atom stereocenters. The van der Waals surface area contributed by atoms with E-state index >= 15 is 0 Å². The summed E-state index contributed by atoms with van der Waals surface area (Å²) >= 11 is 0. The Balaban J connectivity index is 1.52. The van der Waals surface area contributed by atoms with E-state index in [4.69, 9.17) is 9.84 Å². The van der Waals surface area contributed by atoms with Crippen LogP contribution >= 0.6 is 0 Å². The molecule has 150 valence electrons. The van der Waals surface area contributed by atoms with Crippen LogP contribution in [0.4, 0.5) is 5.82 Å². The van der Waals surface area contributed by atoms with Crippen LogP contribution in [0.15, 0.2) is 42.9 Å². The first kappa shape index (κ1) is 20.0. The Hall–Kier alpha value is -2.71. The first-order valence-corrected chi connectivity index (χ1v) is 9.39. The molecule has 1 fully saturated rings. The summed E-state index contributed by atoms with van der Waals surface area (Å²) in [6.45, 7) is 1.23. The van der Waals surface area contributed by atoms with Crippen LogP contribution in [0, 0.1) is 0 Å². The molecular weight excluding hydrogens is 360 g/mol. The fraction of sp³-hybridized carbons (Fsp3) is 0.450. The molecule has 1 unspecified atom stereocenters. The fourth-order valence-corrected chi connectivity index (χ4v) is 3.17. The van der Waals surface area contributed by atoms with E-state index in [2.05, 4.69) is 9.97 Å². The number of aliphatic hydroxyl groups excluding tert-OH is 2. The zero-order chi connectivity index (χ0) is 19.9. The highest BCUT2D eigenvalue weighted by Gasteiger charge is 2.25. The number of carbonyl (C=O) groups excluding carboxylic acids is 1. The topological polar surface area (TPSA) is 99.0 Å². The van der Waals surface area contributed by atoms with Crippen LogP contribution in [0.3, 0.4) is 0 Å². The predicted octanol–water partition coefficient (Wildman–Crippen LogP) is 0.950. The minimum atomic E-state index is -0.830. The van der Waals surface area contributed by atoms with Gasteiger partial charge in [-0.3, -0.25) is 9.78 Å². The highest BCUT2D eigenvalue weighted by molar-refractivity contribution is 5.94. The summed E-state index contributed by atoms with van der Waals surface area (Å²) in [7, 11) is 1.77. The number of rotatable bonds is 7. The van der Waals surface area contributed by atoms with Gasteiger partial charge in [0, 0.05) is 51.9 Å². The van der Waals surface area contributed by atoms with Crippen LogP contribution in [-0.4, -0.2) is 76.5 Å². The number of anilines is 1. The Labute approximate surface area is 164 Å². The number of aliphatic hydroxyl groups is 2. The van der Waals surface area contributed by atoms with E-state index in [9.17, 15) is 9.90 Å². The Kier molecular flexibility index (Phi) is 6.78. The normalized spacial score (nSPS) is 15.9. The number of likely N-dealkylation sites (tertiary alicyclic amines) is 1. The summed E-state index contributed by atoms with van der Waals surface area (Å²) in [5.74, 6) is 1.34. The van der Waals surface area contributed by atoms with E-state index in [1.807, 2.05) is 17.0 Å². The molecule has 0 aromatic carbocycles. The number of piperidine rings is 1. The van der Waals surface area contributed by atoms with E-state index in [1.165, 1.54) is 0 Å². The Bertz CT molecular complexity index is 749. The van der Waals surface area contributed by atoms with Crippen molar-refractivity contribution in [2.24, 2.45) is 0 Å². The van der Waals surface area contributed by atoms with Gasteiger partial charge in [0.25, 0.3) is 5.91 Å². The molecule has 8 nitrogen and oxygen atoms in total. The van der Waals surface area contributed by atoms with Crippen LogP contribution in [0.25, 0.3) is 0 Å². The van der Waals surface area contributed by atoms with Gasteiger partial charge in [0.15, 0.2) is 0 Å². The summed E-state index contributed by atoms with van der Waals surface area (Å²) in [5.41, 5.74) is 0.534. The average Bonchev–Trinajstić information content (AvgIpc) is 2.74. The van der Waals surface area contributed by atoms with Crippen molar-refractivity contribution < 1.29 is 19.7 Å². The summed E-state index contributed by atoms with van der Waals surface area (Å²) in [4.78, 5) is 24.6. The second kappa shape index (κ2) is 9.48. The lowest BCUT2D eigenvalue weighted by Gasteiger charge is -2.32. The van der Waals surface area contributed by atoms with Crippen molar-refractivity contribution in [1.29, 1.82) is 0 Å². The lowest BCUT2D eigenvalue weighted by Crippen LogP contribution is -2.41. The molecular formula is C20H26N4O4. The number of likely N-dealkylation sites (N-methyl/N-ethyl adjacent to an activating group) is 1. The van der Waals surface area contributed by atoms with E-state index in [0.29, 0.717) is 24.5 Å². The molecule has 2 N–H and O–H groups in total. The summed E-state index contributed by atoms with van der Waals surface area (Å²) in [6.07, 6.45) is 5.75. The van der Waals surface area contributed by atoms with Crippen LogP contribution in [-0.2, 0) is 0 Å². The first-order valence-electron chi connectivity index (χ1n) is 9.39. The summed E-state index contributed by atoms with van der Waals surface area (Å²) in [6, 6.07) is 7.21. The maximum atomic E-state index is 12.7. The van der Waals surface area contributed by atoms with E-state index in [0.717, 1.165) is 18.6 Å². The molecule has 1 aliphatic heterocycles. The third kappa shape index (κ3) is 5.17. The number of carbonyl (C=O) groups is 1. The quantitative estimate of drug-likeness (QED) is 0.731. The summed E-state index contributed by atoms with van der Waals surface area (Å²) in [5, 5.41) is 18.5. The largest absolute Gasteiger partial charge is 0.489 e. The van der Waals surface area contributed by atoms with Gasteiger partial charge in [-0.1, -0.05) is 0 Å². The van der Waals surface area contributed by atoms with Crippen LogP contribution in [0.2, 0.25) is 0 Å². The van der Waals surface area contributed by atoms with Gasteiger partial charge < -0.3 is 24.7 Å². The lowest BCUT2D eigenvalue weighted by atomic mass is 10.1. The second-order valence-corrected chi connectivity index (χ2v) is 6.92. The monoisotopic (exact) mass is 386 g/mol. The predicted molar refractivity (Wildman–Crippen MR) is 104 cm³/mol. The fourth-order valence-electron chi connectivity index (χ4n) is 3.17. The number of pyridine rings is 2. The van der Waals surface area contributed by atoms with Gasteiger partial charge in [0.2, 0.25) is 0 Å². The van der Waals surface area contributed by atoms with Crippen molar-refractivity contribution in [3.8, 4) is 5.75 Å². The van der Waals surface area contributed by atoms with Gasteiger partial charge >= 0.3 is 0 Å². The van der Waals surface area contributed by atoms with Crippen molar-refractivity contribution in [3.05, 3.63) is 48.4 Å². The molecule has 1 aliphatic rings. The molecule has 0 aliphatic carbocycles. The maximum Gasteiger partial charge on any atom is 0.255 e. The Morgan fingerprint density at radius 1 is 1.32 bits per heavy atom.